The van der Waals surface area contributed by atoms with Gasteiger partial charge in [0.25, 0.3) is 0 Å². The maximum absolute atomic E-state index is 13.2. The predicted molar refractivity (Wildman–Crippen MR) is 67.6 cm³/mol. The van der Waals surface area contributed by atoms with Crippen molar-refractivity contribution in [3.63, 3.8) is 0 Å². The first-order valence-electron chi connectivity index (χ1n) is 5.31. The number of carbonyl (C=O) groups excluding carboxylic acids is 1. The van der Waals surface area contributed by atoms with Crippen LogP contribution in [0.3, 0.4) is 0 Å². The largest absolute Gasteiger partial charge is 0.398 e. The molecule has 1 aromatic carbocycles. The Balaban J connectivity index is 2.58. The molecule has 0 aliphatic rings. The second kappa shape index (κ2) is 4.44. The summed E-state index contributed by atoms with van der Waals surface area (Å²) < 4.78 is 13.2. The molecule has 0 bridgehead atoms. The summed E-state index contributed by atoms with van der Waals surface area (Å²) in [6.07, 6.45) is 1.51. The van der Waals surface area contributed by atoms with Crippen molar-refractivity contribution in [3.05, 3.63) is 53.0 Å². The molecule has 0 aliphatic heterocycles. The normalized spacial score (nSPS) is 10.3. The zero-order chi connectivity index (χ0) is 13.3. The van der Waals surface area contributed by atoms with E-state index in [1.54, 1.807) is 13.0 Å². The quantitative estimate of drug-likeness (QED) is 0.625. The summed E-state index contributed by atoms with van der Waals surface area (Å²) in [7, 11) is 0. The molecular weight excluding hydrogens is 233 g/mol. The van der Waals surface area contributed by atoms with E-state index in [1.807, 2.05) is 0 Å². The zero-order valence-corrected chi connectivity index (χ0v) is 9.77. The van der Waals surface area contributed by atoms with E-state index in [2.05, 4.69) is 4.98 Å². The summed E-state index contributed by atoms with van der Waals surface area (Å²) in [4.78, 5) is 16.2. The van der Waals surface area contributed by atoms with Crippen LogP contribution < -0.4 is 11.5 Å². The molecule has 2 rings (SSSR count). The highest BCUT2D eigenvalue weighted by Crippen LogP contribution is 2.22. The van der Waals surface area contributed by atoms with Crippen LogP contribution in [-0.4, -0.2) is 10.8 Å². The number of nitrogen functional groups attached to an aromatic ring is 2. The summed E-state index contributed by atoms with van der Waals surface area (Å²) in [5.74, 6) is -0.827. The molecule has 1 heterocycles. The highest BCUT2D eigenvalue weighted by atomic mass is 19.1. The topological polar surface area (TPSA) is 82.0 Å². The molecule has 5 heteroatoms. The van der Waals surface area contributed by atoms with Gasteiger partial charge in [0.2, 0.25) is 0 Å². The van der Waals surface area contributed by atoms with Crippen LogP contribution in [-0.2, 0) is 0 Å². The van der Waals surface area contributed by atoms with Gasteiger partial charge in [-0.3, -0.25) is 4.79 Å². The molecule has 2 aromatic rings. The molecule has 0 unspecified atom stereocenters. The number of anilines is 2. The number of rotatable bonds is 2. The van der Waals surface area contributed by atoms with Crippen molar-refractivity contribution in [1.82, 2.24) is 4.98 Å². The number of hydrogen-bond donors (Lipinski definition) is 2. The molecule has 18 heavy (non-hydrogen) atoms. The molecular formula is C13H12FN3O. The average molecular weight is 245 g/mol. The first-order chi connectivity index (χ1) is 8.50. The summed E-state index contributed by atoms with van der Waals surface area (Å²) >= 11 is 0. The molecule has 0 fully saturated rings. The van der Waals surface area contributed by atoms with Crippen LogP contribution >= 0.6 is 0 Å². The van der Waals surface area contributed by atoms with Gasteiger partial charge in [-0.15, -0.1) is 0 Å². The molecule has 92 valence electrons. The van der Waals surface area contributed by atoms with Crippen LogP contribution in [0.2, 0.25) is 0 Å². The maximum Gasteiger partial charge on any atom is 0.199 e. The fourth-order valence-electron chi connectivity index (χ4n) is 1.73. The second-order valence-electron chi connectivity index (χ2n) is 3.95. The third-order valence-corrected chi connectivity index (χ3v) is 2.68. The smallest absolute Gasteiger partial charge is 0.199 e. The molecule has 0 saturated carbocycles. The highest BCUT2D eigenvalue weighted by molar-refractivity contribution is 6.15. The first kappa shape index (κ1) is 12.0. The molecule has 1 aromatic heterocycles. The number of ketones is 1. The molecule has 4 N–H and O–H groups in total. The first-order valence-corrected chi connectivity index (χ1v) is 5.31. The second-order valence-corrected chi connectivity index (χ2v) is 3.95. The number of nitrogens with zero attached hydrogens (tertiary/aromatic N) is 1. The van der Waals surface area contributed by atoms with Gasteiger partial charge in [0.1, 0.15) is 11.6 Å². The van der Waals surface area contributed by atoms with E-state index >= 15 is 0 Å². The summed E-state index contributed by atoms with van der Waals surface area (Å²) in [6, 6.07) is 5.32. The minimum atomic E-state index is -0.521. The lowest BCUT2D eigenvalue weighted by atomic mass is 9.99. The molecule has 0 radical (unpaired) electrons. The number of hydrogen-bond acceptors (Lipinski definition) is 4. The van der Waals surface area contributed by atoms with Gasteiger partial charge in [-0.2, -0.15) is 0 Å². The Bertz CT molecular complexity index is 605. The third kappa shape index (κ3) is 2.02. The van der Waals surface area contributed by atoms with Crippen LogP contribution in [0.4, 0.5) is 15.9 Å². The standard InChI is InChI=1S/C13H12FN3O/c1-7-4-5-17-13(16)11(7)12(18)9-6-8(14)2-3-10(9)15/h2-6H,15H2,1H3,(H2,16,17). The summed E-state index contributed by atoms with van der Waals surface area (Å²) in [6.45, 7) is 1.74. The van der Waals surface area contributed by atoms with Crippen molar-refractivity contribution >= 4 is 17.3 Å². The maximum atomic E-state index is 13.2. The predicted octanol–water partition coefficient (Wildman–Crippen LogP) is 1.92. The minimum absolute atomic E-state index is 0.0952. The van der Waals surface area contributed by atoms with Crippen LogP contribution in [0.5, 0.6) is 0 Å². The Morgan fingerprint density at radius 3 is 2.67 bits per heavy atom. The van der Waals surface area contributed by atoms with Crippen molar-refractivity contribution in [2.75, 3.05) is 11.5 Å². The Labute approximate surface area is 103 Å². The average Bonchev–Trinajstić information content (AvgIpc) is 2.32. The molecule has 0 atom stereocenters. The van der Waals surface area contributed by atoms with Crippen molar-refractivity contribution in [1.29, 1.82) is 0 Å². The van der Waals surface area contributed by atoms with Crippen molar-refractivity contribution in [2.24, 2.45) is 0 Å². The lowest BCUT2D eigenvalue weighted by molar-refractivity contribution is 0.103. The fraction of sp³-hybridized carbons (Fsp3) is 0.0769. The van der Waals surface area contributed by atoms with Gasteiger partial charge in [0.15, 0.2) is 5.78 Å². The monoisotopic (exact) mass is 245 g/mol. The van der Waals surface area contributed by atoms with Gasteiger partial charge in [0.05, 0.1) is 5.56 Å². The molecule has 0 aliphatic carbocycles. The van der Waals surface area contributed by atoms with E-state index in [0.29, 0.717) is 5.56 Å². The number of carbonyl (C=O) groups is 1. The van der Waals surface area contributed by atoms with Gasteiger partial charge < -0.3 is 11.5 Å². The van der Waals surface area contributed by atoms with Crippen LogP contribution in [0.25, 0.3) is 0 Å². The minimum Gasteiger partial charge on any atom is -0.398 e. The number of aryl methyl sites for hydroxylation is 1. The Morgan fingerprint density at radius 1 is 1.28 bits per heavy atom. The van der Waals surface area contributed by atoms with E-state index in [-0.39, 0.29) is 22.6 Å². The van der Waals surface area contributed by atoms with Gasteiger partial charge in [0, 0.05) is 17.4 Å². The number of benzene rings is 1. The summed E-state index contributed by atoms with van der Waals surface area (Å²) in [5, 5.41) is 0. The number of pyridine rings is 1. The Kier molecular flexibility index (Phi) is 2.97. The Hall–Kier alpha value is -2.43. The van der Waals surface area contributed by atoms with Crippen molar-refractivity contribution in [2.45, 2.75) is 6.92 Å². The summed E-state index contributed by atoms with van der Waals surface area (Å²) in [5.41, 5.74) is 12.6. The van der Waals surface area contributed by atoms with E-state index < -0.39 is 11.6 Å². The van der Waals surface area contributed by atoms with Crippen molar-refractivity contribution < 1.29 is 9.18 Å². The van der Waals surface area contributed by atoms with E-state index in [0.717, 1.165) is 6.07 Å². The molecule has 0 amide bonds. The van der Waals surface area contributed by atoms with E-state index in [4.69, 9.17) is 11.5 Å². The third-order valence-electron chi connectivity index (χ3n) is 2.68. The van der Waals surface area contributed by atoms with Crippen LogP contribution in [0, 0.1) is 12.7 Å². The number of halogens is 1. The number of aromatic nitrogens is 1. The van der Waals surface area contributed by atoms with E-state index in [9.17, 15) is 9.18 Å². The highest BCUT2D eigenvalue weighted by Gasteiger charge is 2.18. The SMILES string of the molecule is Cc1ccnc(N)c1C(=O)c1cc(F)ccc1N. The van der Waals surface area contributed by atoms with Gasteiger partial charge >= 0.3 is 0 Å². The molecule has 0 spiro atoms. The number of nitrogens with two attached hydrogens (primary N) is 2. The van der Waals surface area contributed by atoms with Gasteiger partial charge in [-0.1, -0.05) is 0 Å². The van der Waals surface area contributed by atoms with Gasteiger partial charge in [-0.05, 0) is 36.8 Å². The molecule has 0 saturated heterocycles. The lowest BCUT2D eigenvalue weighted by Gasteiger charge is -2.09. The zero-order valence-electron chi connectivity index (χ0n) is 9.77. The van der Waals surface area contributed by atoms with E-state index in [1.165, 1.54) is 18.3 Å². The Morgan fingerprint density at radius 2 is 2.00 bits per heavy atom. The van der Waals surface area contributed by atoms with Crippen LogP contribution in [0.1, 0.15) is 21.5 Å². The van der Waals surface area contributed by atoms with Crippen molar-refractivity contribution in [3.8, 4) is 0 Å². The molecule has 4 nitrogen and oxygen atoms in total. The lowest BCUT2D eigenvalue weighted by Crippen LogP contribution is -2.11. The van der Waals surface area contributed by atoms with Gasteiger partial charge in [-0.25, -0.2) is 9.37 Å². The fourth-order valence-corrected chi connectivity index (χ4v) is 1.73. The van der Waals surface area contributed by atoms with Crippen LogP contribution in [0.15, 0.2) is 30.5 Å².